The van der Waals surface area contributed by atoms with Crippen LogP contribution >= 0.6 is 11.6 Å². The molecule has 1 aliphatic rings. The lowest BCUT2D eigenvalue weighted by Crippen LogP contribution is -2.21. The van der Waals surface area contributed by atoms with Crippen LogP contribution in [0.3, 0.4) is 0 Å². The van der Waals surface area contributed by atoms with Crippen molar-refractivity contribution in [2.75, 3.05) is 6.61 Å². The van der Waals surface area contributed by atoms with Crippen LogP contribution in [-0.2, 0) is 6.61 Å². The standard InChI is InChI=1S/C22H17ClO4/c23-18-6-1-15(2-7-18)13-25-19-8-4-17(5-9-19)22-14-26-21-11-16(12-24)3-10-20(21)27-22/h1-12,22H,13-14H2. The summed E-state index contributed by atoms with van der Waals surface area (Å²) >= 11 is 5.89. The minimum atomic E-state index is -0.204. The van der Waals surface area contributed by atoms with Gasteiger partial charge in [-0.25, -0.2) is 0 Å². The first-order valence-corrected chi connectivity index (χ1v) is 8.95. The highest BCUT2D eigenvalue weighted by molar-refractivity contribution is 6.30. The van der Waals surface area contributed by atoms with Crippen molar-refractivity contribution in [1.82, 2.24) is 0 Å². The molecule has 1 heterocycles. The third-order valence-electron chi connectivity index (χ3n) is 4.33. The van der Waals surface area contributed by atoms with E-state index in [1.807, 2.05) is 48.5 Å². The van der Waals surface area contributed by atoms with Crippen LogP contribution in [0.4, 0.5) is 0 Å². The second-order valence-electron chi connectivity index (χ2n) is 6.23. The fourth-order valence-corrected chi connectivity index (χ4v) is 2.98. The Morgan fingerprint density at radius 1 is 1.00 bits per heavy atom. The Bertz CT molecular complexity index is 936. The van der Waals surface area contributed by atoms with Crippen molar-refractivity contribution in [3.8, 4) is 17.2 Å². The molecule has 0 spiro atoms. The van der Waals surface area contributed by atoms with Gasteiger partial charge in [0.2, 0.25) is 0 Å². The van der Waals surface area contributed by atoms with Crippen molar-refractivity contribution in [1.29, 1.82) is 0 Å². The lowest BCUT2D eigenvalue weighted by molar-refractivity contribution is 0.0909. The van der Waals surface area contributed by atoms with Gasteiger partial charge in [0.15, 0.2) is 17.6 Å². The van der Waals surface area contributed by atoms with E-state index < -0.39 is 0 Å². The molecule has 1 atom stereocenters. The number of fused-ring (bicyclic) bond motifs is 1. The molecule has 4 rings (SSSR count). The Hall–Kier alpha value is -2.98. The number of benzene rings is 3. The summed E-state index contributed by atoms with van der Waals surface area (Å²) in [6.07, 6.45) is 0.586. The lowest BCUT2D eigenvalue weighted by Gasteiger charge is -2.27. The summed E-state index contributed by atoms with van der Waals surface area (Å²) in [5, 5.41) is 0.710. The number of rotatable bonds is 5. The smallest absolute Gasteiger partial charge is 0.162 e. The quantitative estimate of drug-likeness (QED) is 0.567. The SMILES string of the molecule is O=Cc1ccc2c(c1)OCC(c1ccc(OCc3ccc(Cl)cc3)cc1)O2. The second-order valence-corrected chi connectivity index (χ2v) is 6.66. The molecule has 0 saturated heterocycles. The molecule has 0 N–H and O–H groups in total. The molecule has 1 aliphatic heterocycles. The molecule has 3 aromatic carbocycles. The zero-order chi connectivity index (χ0) is 18.6. The Morgan fingerprint density at radius 2 is 1.78 bits per heavy atom. The molecular formula is C22H17ClO4. The van der Waals surface area contributed by atoms with E-state index in [9.17, 15) is 4.79 Å². The van der Waals surface area contributed by atoms with Gasteiger partial charge in [0, 0.05) is 10.6 Å². The summed E-state index contributed by atoms with van der Waals surface area (Å²) in [7, 11) is 0. The summed E-state index contributed by atoms with van der Waals surface area (Å²) in [5.74, 6) is 2.01. The fourth-order valence-electron chi connectivity index (χ4n) is 2.85. The molecule has 0 radical (unpaired) electrons. The first kappa shape index (κ1) is 17.4. The van der Waals surface area contributed by atoms with Crippen molar-refractivity contribution < 1.29 is 19.0 Å². The molecule has 27 heavy (non-hydrogen) atoms. The van der Waals surface area contributed by atoms with Gasteiger partial charge in [-0.05, 0) is 53.6 Å². The van der Waals surface area contributed by atoms with Crippen molar-refractivity contribution >= 4 is 17.9 Å². The van der Waals surface area contributed by atoms with Gasteiger partial charge in [-0.1, -0.05) is 35.9 Å². The molecule has 4 nitrogen and oxygen atoms in total. The number of hydrogen-bond acceptors (Lipinski definition) is 4. The third-order valence-corrected chi connectivity index (χ3v) is 4.59. The first-order chi connectivity index (χ1) is 13.2. The monoisotopic (exact) mass is 380 g/mol. The maximum absolute atomic E-state index is 10.9. The van der Waals surface area contributed by atoms with E-state index in [1.165, 1.54) is 0 Å². The van der Waals surface area contributed by atoms with E-state index in [-0.39, 0.29) is 6.10 Å². The van der Waals surface area contributed by atoms with Crippen LogP contribution in [0.2, 0.25) is 5.02 Å². The molecule has 136 valence electrons. The van der Waals surface area contributed by atoms with Gasteiger partial charge in [0.05, 0.1) is 0 Å². The highest BCUT2D eigenvalue weighted by atomic mass is 35.5. The molecule has 0 bridgehead atoms. The van der Waals surface area contributed by atoms with Crippen LogP contribution in [0.1, 0.15) is 27.6 Å². The van der Waals surface area contributed by atoms with E-state index in [1.54, 1.807) is 18.2 Å². The average Bonchev–Trinajstić information content (AvgIpc) is 2.73. The van der Waals surface area contributed by atoms with E-state index in [0.29, 0.717) is 35.3 Å². The zero-order valence-electron chi connectivity index (χ0n) is 14.4. The molecule has 0 amide bonds. The number of aldehydes is 1. The molecule has 1 unspecified atom stereocenters. The Morgan fingerprint density at radius 3 is 2.52 bits per heavy atom. The van der Waals surface area contributed by atoms with Crippen molar-refractivity contribution in [2.24, 2.45) is 0 Å². The van der Waals surface area contributed by atoms with Gasteiger partial charge in [-0.3, -0.25) is 4.79 Å². The van der Waals surface area contributed by atoms with Crippen LogP contribution < -0.4 is 14.2 Å². The molecule has 0 aromatic heterocycles. The normalized spacial score (nSPS) is 15.2. The summed E-state index contributed by atoms with van der Waals surface area (Å²) in [4.78, 5) is 10.9. The third kappa shape index (κ3) is 4.07. The highest BCUT2D eigenvalue weighted by Crippen LogP contribution is 2.37. The Kier molecular flexibility index (Phi) is 4.99. The van der Waals surface area contributed by atoms with Gasteiger partial charge in [-0.15, -0.1) is 0 Å². The number of carbonyl (C=O) groups is 1. The van der Waals surface area contributed by atoms with E-state index >= 15 is 0 Å². The van der Waals surface area contributed by atoms with E-state index in [2.05, 4.69) is 0 Å². The largest absolute Gasteiger partial charge is 0.489 e. The summed E-state index contributed by atoms with van der Waals surface area (Å²) in [5.41, 5.74) is 2.62. The van der Waals surface area contributed by atoms with Crippen LogP contribution in [0.15, 0.2) is 66.7 Å². The van der Waals surface area contributed by atoms with Crippen molar-refractivity contribution in [2.45, 2.75) is 12.7 Å². The number of ether oxygens (including phenoxy) is 3. The molecule has 3 aromatic rings. The predicted molar refractivity (Wildman–Crippen MR) is 103 cm³/mol. The molecule has 0 fully saturated rings. The maximum Gasteiger partial charge on any atom is 0.162 e. The fraction of sp³-hybridized carbons (Fsp3) is 0.136. The van der Waals surface area contributed by atoms with Gasteiger partial charge in [0.1, 0.15) is 25.2 Å². The summed E-state index contributed by atoms with van der Waals surface area (Å²) < 4.78 is 17.6. The van der Waals surface area contributed by atoms with Crippen LogP contribution in [0.25, 0.3) is 0 Å². The number of hydrogen-bond donors (Lipinski definition) is 0. The molecule has 5 heteroatoms. The Labute approximate surface area is 162 Å². The minimum absolute atomic E-state index is 0.204. The van der Waals surface area contributed by atoms with Crippen LogP contribution in [0.5, 0.6) is 17.2 Å². The van der Waals surface area contributed by atoms with E-state index in [4.69, 9.17) is 25.8 Å². The number of carbonyl (C=O) groups excluding carboxylic acids is 1. The lowest BCUT2D eigenvalue weighted by atomic mass is 10.1. The molecular weight excluding hydrogens is 364 g/mol. The Balaban J connectivity index is 1.40. The second kappa shape index (κ2) is 7.72. The van der Waals surface area contributed by atoms with Gasteiger partial charge in [-0.2, -0.15) is 0 Å². The predicted octanol–water partition coefficient (Wildman–Crippen LogP) is 5.24. The van der Waals surface area contributed by atoms with Gasteiger partial charge >= 0.3 is 0 Å². The van der Waals surface area contributed by atoms with E-state index in [0.717, 1.165) is 23.2 Å². The topological polar surface area (TPSA) is 44.8 Å². The van der Waals surface area contributed by atoms with Gasteiger partial charge < -0.3 is 14.2 Å². The first-order valence-electron chi connectivity index (χ1n) is 8.57. The van der Waals surface area contributed by atoms with Crippen LogP contribution in [-0.4, -0.2) is 12.9 Å². The number of halogens is 1. The van der Waals surface area contributed by atoms with Crippen molar-refractivity contribution in [3.63, 3.8) is 0 Å². The van der Waals surface area contributed by atoms with Gasteiger partial charge in [0.25, 0.3) is 0 Å². The zero-order valence-corrected chi connectivity index (χ0v) is 15.2. The maximum atomic E-state index is 10.9. The molecule has 0 aliphatic carbocycles. The van der Waals surface area contributed by atoms with Crippen molar-refractivity contribution in [3.05, 3.63) is 88.4 Å². The average molecular weight is 381 g/mol. The summed E-state index contributed by atoms with van der Waals surface area (Å²) in [6.45, 7) is 0.867. The summed E-state index contributed by atoms with van der Waals surface area (Å²) in [6, 6.07) is 20.5. The van der Waals surface area contributed by atoms with Crippen LogP contribution in [0, 0.1) is 0 Å². The molecule has 0 saturated carbocycles. The minimum Gasteiger partial charge on any atom is -0.489 e. The highest BCUT2D eigenvalue weighted by Gasteiger charge is 2.22.